The number of rotatable bonds is 17. The summed E-state index contributed by atoms with van der Waals surface area (Å²) in [5.74, 6) is 6.04. The number of aliphatic hydroxyl groups is 2. The third-order valence-corrected chi connectivity index (χ3v) is 7.73. The van der Waals surface area contributed by atoms with Gasteiger partial charge in [-0.2, -0.15) is 0 Å². The fourth-order valence-corrected chi connectivity index (χ4v) is 5.19. The van der Waals surface area contributed by atoms with Crippen LogP contribution in [0.2, 0.25) is 0 Å². The van der Waals surface area contributed by atoms with Gasteiger partial charge in [-0.25, -0.2) is 0 Å². The molecule has 0 fully saturated rings. The van der Waals surface area contributed by atoms with Crippen molar-refractivity contribution in [3.05, 3.63) is 179 Å². The minimum atomic E-state index is -1.28. The van der Waals surface area contributed by atoms with Crippen LogP contribution < -0.4 is 0 Å². The van der Waals surface area contributed by atoms with E-state index in [1.54, 1.807) is 0 Å². The third kappa shape index (κ3) is 11.3. The first-order valence-corrected chi connectivity index (χ1v) is 16.2. The monoisotopic (exact) mass is 642 g/mol. The Morgan fingerprint density at radius 1 is 0.438 bits per heavy atom. The number of ether oxygens (including phenoxy) is 4. The largest absolute Gasteiger partial charge is 0.388 e. The summed E-state index contributed by atoms with van der Waals surface area (Å²) in [6, 6.07) is 48.4. The van der Waals surface area contributed by atoms with Crippen molar-refractivity contribution in [2.24, 2.45) is 0 Å². The minimum Gasteiger partial charge on any atom is -0.388 e. The summed E-state index contributed by atoms with van der Waals surface area (Å²) in [7, 11) is 0. The molecule has 0 radical (unpaired) electrons. The fraction of sp³-hybridized carbons (Fsp3) is 0.238. The lowest BCUT2D eigenvalue weighted by atomic mass is 9.97. The zero-order valence-corrected chi connectivity index (χ0v) is 26.9. The van der Waals surface area contributed by atoms with Crippen LogP contribution in [-0.2, 0) is 45.4 Å². The van der Waals surface area contributed by atoms with E-state index in [-0.39, 0.29) is 26.4 Å². The van der Waals surface area contributed by atoms with E-state index >= 15 is 0 Å². The maximum Gasteiger partial charge on any atom is 0.143 e. The van der Waals surface area contributed by atoms with E-state index in [2.05, 4.69) is 11.8 Å². The Hall–Kier alpha value is -4.58. The predicted octanol–water partition coefficient (Wildman–Crippen LogP) is 6.73. The number of hydrogen-bond acceptors (Lipinski definition) is 6. The van der Waals surface area contributed by atoms with Gasteiger partial charge in [-0.3, -0.25) is 0 Å². The van der Waals surface area contributed by atoms with Gasteiger partial charge in [0.1, 0.15) is 30.5 Å². The minimum absolute atomic E-state index is 0.0310. The van der Waals surface area contributed by atoms with E-state index < -0.39 is 30.5 Å². The highest BCUT2D eigenvalue weighted by molar-refractivity contribution is 5.35. The molecule has 6 heteroatoms. The summed E-state index contributed by atoms with van der Waals surface area (Å²) in [6.07, 6.45) is -5.33. The Bertz CT molecular complexity index is 1640. The van der Waals surface area contributed by atoms with Crippen LogP contribution in [0.15, 0.2) is 152 Å². The SMILES string of the molecule is O[C@H](COCc1ccccc1)[C@@H](OCc1ccccc1)[C@H](OCc1ccccc1)[C@@H](OCc1ccccc1)[C@@H](O)C#Cc1ccccc1. The third-order valence-electron chi connectivity index (χ3n) is 7.73. The molecule has 0 spiro atoms. The average molecular weight is 643 g/mol. The number of benzene rings is 5. The lowest BCUT2D eigenvalue weighted by molar-refractivity contribution is -0.200. The van der Waals surface area contributed by atoms with E-state index in [9.17, 15) is 10.2 Å². The first-order chi connectivity index (χ1) is 23.7. The van der Waals surface area contributed by atoms with E-state index in [1.807, 2.05) is 152 Å². The highest BCUT2D eigenvalue weighted by Crippen LogP contribution is 2.24. The molecular formula is C42H42O6. The molecule has 0 unspecified atom stereocenters. The van der Waals surface area contributed by atoms with Crippen molar-refractivity contribution >= 4 is 0 Å². The van der Waals surface area contributed by atoms with E-state index in [0.29, 0.717) is 6.61 Å². The van der Waals surface area contributed by atoms with Crippen molar-refractivity contribution in [1.82, 2.24) is 0 Å². The molecule has 0 saturated carbocycles. The molecule has 5 atom stereocenters. The average Bonchev–Trinajstić information content (AvgIpc) is 3.15. The van der Waals surface area contributed by atoms with Crippen molar-refractivity contribution in [1.29, 1.82) is 0 Å². The quantitative estimate of drug-likeness (QED) is 0.110. The van der Waals surface area contributed by atoms with Gasteiger partial charge in [-0.1, -0.05) is 151 Å². The second kappa shape index (κ2) is 19.3. The van der Waals surface area contributed by atoms with Gasteiger partial charge in [-0.05, 0) is 34.4 Å². The molecule has 0 amide bonds. The topological polar surface area (TPSA) is 77.4 Å². The van der Waals surface area contributed by atoms with E-state index in [1.165, 1.54) is 0 Å². The van der Waals surface area contributed by atoms with Crippen LogP contribution in [-0.4, -0.2) is 47.3 Å². The molecule has 2 N–H and O–H groups in total. The molecule has 0 aliphatic rings. The van der Waals surface area contributed by atoms with Crippen LogP contribution in [0.4, 0.5) is 0 Å². The Labute approximate surface area is 283 Å². The molecule has 5 rings (SSSR count). The standard InChI is InChI=1S/C42H42O6/c43-38(27-26-33-16-6-1-7-17-33)40(46-29-35-20-10-3-11-21-35)42(48-31-37-24-14-5-15-25-37)41(47-30-36-22-12-4-13-23-36)39(44)32-45-28-34-18-8-2-9-19-34/h1-25,38-44H,28-32H2/t38-,39+,40-,41+,42+/m0/s1. The zero-order valence-electron chi connectivity index (χ0n) is 26.9. The van der Waals surface area contributed by atoms with Crippen LogP contribution in [0.1, 0.15) is 27.8 Å². The maximum atomic E-state index is 11.8. The predicted molar refractivity (Wildman–Crippen MR) is 186 cm³/mol. The molecular weight excluding hydrogens is 600 g/mol. The summed E-state index contributed by atoms with van der Waals surface area (Å²) in [5.41, 5.74) is 4.50. The van der Waals surface area contributed by atoms with Gasteiger partial charge in [0.15, 0.2) is 0 Å². The van der Waals surface area contributed by atoms with Gasteiger partial charge >= 0.3 is 0 Å². The van der Waals surface area contributed by atoms with Gasteiger partial charge in [0, 0.05) is 5.56 Å². The summed E-state index contributed by atoms with van der Waals surface area (Å²) in [4.78, 5) is 0. The Balaban J connectivity index is 1.47. The van der Waals surface area contributed by atoms with Crippen molar-refractivity contribution in [2.45, 2.75) is 56.9 Å². The summed E-state index contributed by atoms with van der Waals surface area (Å²) < 4.78 is 25.6. The van der Waals surface area contributed by atoms with Gasteiger partial charge in [-0.15, -0.1) is 0 Å². The molecule has 0 heterocycles. The van der Waals surface area contributed by atoms with Crippen LogP contribution in [0.5, 0.6) is 0 Å². The molecule has 6 nitrogen and oxygen atoms in total. The molecule has 0 bridgehead atoms. The Morgan fingerprint density at radius 2 is 0.812 bits per heavy atom. The number of hydrogen-bond donors (Lipinski definition) is 2. The highest BCUT2D eigenvalue weighted by Gasteiger charge is 2.40. The lowest BCUT2D eigenvalue weighted by Crippen LogP contribution is -2.53. The Morgan fingerprint density at radius 3 is 1.27 bits per heavy atom. The van der Waals surface area contributed by atoms with Crippen LogP contribution >= 0.6 is 0 Å². The molecule has 5 aromatic carbocycles. The molecule has 0 aromatic heterocycles. The zero-order chi connectivity index (χ0) is 33.2. The smallest absolute Gasteiger partial charge is 0.143 e. The van der Waals surface area contributed by atoms with E-state index in [4.69, 9.17) is 18.9 Å². The Kier molecular flexibility index (Phi) is 14.0. The van der Waals surface area contributed by atoms with Gasteiger partial charge < -0.3 is 29.2 Å². The van der Waals surface area contributed by atoms with Crippen LogP contribution in [0.25, 0.3) is 0 Å². The van der Waals surface area contributed by atoms with Crippen molar-refractivity contribution in [2.75, 3.05) is 6.61 Å². The molecule has 0 aliphatic carbocycles. The first kappa shape index (κ1) is 34.7. The summed E-state index contributed by atoms with van der Waals surface area (Å²) in [6.45, 7) is 0.865. The van der Waals surface area contributed by atoms with Crippen molar-refractivity contribution < 1.29 is 29.2 Å². The molecule has 0 aliphatic heterocycles. The van der Waals surface area contributed by atoms with Gasteiger partial charge in [0.05, 0.1) is 33.0 Å². The molecule has 246 valence electrons. The van der Waals surface area contributed by atoms with Crippen LogP contribution in [0, 0.1) is 11.8 Å². The lowest BCUT2D eigenvalue weighted by Gasteiger charge is -2.37. The van der Waals surface area contributed by atoms with Crippen molar-refractivity contribution in [3.8, 4) is 11.8 Å². The van der Waals surface area contributed by atoms with Crippen molar-refractivity contribution in [3.63, 3.8) is 0 Å². The van der Waals surface area contributed by atoms with Crippen LogP contribution in [0.3, 0.4) is 0 Å². The highest BCUT2D eigenvalue weighted by atomic mass is 16.6. The normalized spacial score (nSPS) is 14.2. The van der Waals surface area contributed by atoms with Gasteiger partial charge in [0.25, 0.3) is 0 Å². The molecule has 5 aromatic rings. The summed E-state index contributed by atoms with van der Waals surface area (Å²) >= 11 is 0. The van der Waals surface area contributed by atoms with Gasteiger partial charge in [0.2, 0.25) is 0 Å². The fourth-order valence-electron chi connectivity index (χ4n) is 5.19. The first-order valence-electron chi connectivity index (χ1n) is 16.2. The number of aliphatic hydroxyl groups excluding tert-OH is 2. The van der Waals surface area contributed by atoms with E-state index in [0.717, 1.165) is 27.8 Å². The molecule has 48 heavy (non-hydrogen) atoms. The molecule has 0 saturated heterocycles. The second-order valence-electron chi connectivity index (χ2n) is 11.4. The second-order valence-corrected chi connectivity index (χ2v) is 11.4. The summed E-state index contributed by atoms with van der Waals surface area (Å²) in [5, 5.41) is 23.5. The maximum absolute atomic E-state index is 11.8.